The van der Waals surface area contributed by atoms with Crippen molar-refractivity contribution in [3.63, 3.8) is 0 Å². The fourth-order valence-corrected chi connectivity index (χ4v) is 19.2. The molecule has 68 valence electrons. The molecule has 0 aliphatic carbocycles. The molecule has 0 saturated carbocycles. The summed E-state index contributed by atoms with van der Waals surface area (Å²) in [4.78, 5) is 0. The maximum Gasteiger partial charge on any atom is -0.00390 e. The van der Waals surface area contributed by atoms with Crippen molar-refractivity contribution < 1.29 is 0 Å². The molecule has 0 amide bonds. The molecule has 0 radical (unpaired) electrons. The number of hydrogen-bond acceptors (Lipinski definition) is 0. The molecule has 0 aliphatic heterocycles. The van der Waals surface area contributed by atoms with Crippen LogP contribution in [0.3, 0.4) is 0 Å². The summed E-state index contributed by atoms with van der Waals surface area (Å²) in [5, 5.41) is 0. The van der Waals surface area contributed by atoms with E-state index in [2.05, 4.69) is 40.4 Å². The highest BCUT2D eigenvalue weighted by Crippen LogP contribution is 2.82. The number of rotatable bonds is 5. The second kappa shape index (κ2) is 8.33. The molecule has 0 aromatic carbocycles. The third kappa shape index (κ3) is 7.00. The Morgan fingerprint density at radius 1 is 1.36 bits per heavy atom. The fraction of sp³-hybridized carbons (Fsp3) is 1.00. The molecule has 0 spiro atoms. The molecule has 0 N–H and O–H groups in total. The smallest absolute Gasteiger partial charge is 0.00390 e. The SMILES string of the molecule is CCP(CP(C)P(P)P)PP. The van der Waals surface area contributed by atoms with Gasteiger partial charge < -0.3 is 0 Å². The standard InChI is InChI=1S/C4H17P7/c1-3-10(8-5)4-9(2)11(6)7/h8H,3-7H2,1-2H3. The van der Waals surface area contributed by atoms with Gasteiger partial charge in [0.15, 0.2) is 0 Å². The lowest BCUT2D eigenvalue weighted by Crippen LogP contribution is -1.75. The quantitative estimate of drug-likeness (QED) is 0.628. The zero-order valence-corrected chi connectivity index (χ0v) is 14.1. The van der Waals surface area contributed by atoms with Gasteiger partial charge in [0.05, 0.1) is 0 Å². The van der Waals surface area contributed by atoms with Gasteiger partial charge in [-0.05, 0) is 25.7 Å². The number of hydrogen-bond donors (Lipinski definition) is 0. The highest BCUT2D eigenvalue weighted by atomic mass is 32.7. The van der Waals surface area contributed by atoms with E-state index in [-0.39, 0.29) is 6.99 Å². The Morgan fingerprint density at radius 3 is 2.18 bits per heavy atom. The summed E-state index contributed by atoms with van der Waals surface area (Å²) in [7, 11) is 10.7. The molecule has 0 saturated heterocycles. The minimum atomic E-state index is 0.204. The van der Waals surface area contributed by atoms with E-state index in [9.17, 15) is 0 Å². The molecule has 0 heterocycles. The van der Waals surface area contributed by atoms with Gasteiger partial charge in [-0.3, -0.25) is 0 Å². The van der Waals surface area contributed by atoms with Crippen LogP contribution < -0.4 is 0 Å². The molecule has 0 aromatic heterocycles. The van der Waals surface area contributed by atoms with Crippen molar-refractivity contribution in [1.29, 1.82) is 0 Å². The fourth-order valence-electron chi connectivity index (χ4n) is 0.552. The van der Waals surface area contributed by atoms with Crippen molar-refractivity contribution in [1.82, 2.24) is 0 Å². The van der Waals surface area contributed by atoms with E-state index in [0.717, 1.165) is 7.96 Å². The molecule has 0 aliphatic rings. The van der Waals surface area contributed by atoms with E-state index in [1.165, 1.54) is 12.1 Å². The van der Waals surface area contributed by atoms with Crippen LogP contribution in [0.2, 0.25) is 0 Å². The van der Waals surface area contributed by atoms with Crippen molar-refractivity contribution in [2.45, 2.75) is 6.92 Å². The molecule has 0 aromatic rings. The van der Waals surface area contributed by atoms with Gasteiger partial charge in [0.25, 0.3) is 0 Å². The van der Waals surface area contributed by atoms with Crippen LogP contribution >= 0.6 is 57.0 Å². The van der Waals surface area contributed by atoms with Gasteiger partial charge in [0.2, 0.25) is 0 Å². The Morgan fingerprint density at radius 2 is 1.91 bits per heavy atom. The highest BCUT2D eigenvalue weighted by Gasteiger charge is 2.11. The Balaban J connectivity index is 3.62. The Hall–Kier alpha value is 3.01. The third-order valence-electron chi connectivity index (χ3n) is 1.33. The average molecular weight is 282 g/mol. The summed E-state index contributed by atoms with van der Waals surface area (Å²) >= 11 is 0. The highest BCUT2D eigenvalue weighted by molar-refractivity contribution is 8.73. The monoisotopic (exact) mass is 282 g/mol. The summed E-state index contributed by atoms with van der Waals surface area (Å²) in [6.07, 6.45) is 1.42. The van der Waals surface area contributed by atoms with Crippen LogP contribution in [0.1, 0.15) is 6.92 Å². The third-order valence-corrected chi connectivity index (χ3v) is 23.5. The van der Waals surface area contributed by atoms with Gasteiger partial charge >= 0.3 is 0 Å². The van der Waals surface area contributed by atoms with Crippen LogP contribution in [0, 0.1) is 0 Å². The van der Waals surface area contributed by atoms with Crippen LogP contribution in [-0.2, 0) is 0 Å². The van der Waals surface area contributed by atoms with Gasteiger partial charge in [0.1, 0.15) is 0 Å². The van der Waals surface area contributed by atoms with Crippen LogP contribution in [0.4, 0.5) is 0 Å². The van der Waals surface area contributed by atoms with Crippen molar-refractivity contribution in [3.8, 4) is 0 Å². The minimum absolute atomic E-state index is 0.204. The predicted molar refractivity (Wildman–Crippen MR) is 79.5 cm³/mol. The van der Waals surface area contributed by atoms with Crippen LogP contribution in [0.25, 0.3) is 0 Å². The molecule has 7 heteroatoms. The molecule has 0 nitrogen and oxygen atoms in total. The maximum absolute atomic E-state index is 2.97. The zero-order chi connectivity index (χ0) is 8.85. The first-order chi connectivity index (χ1) is 5.11. The largest absolute Gasteiger partial charge is 0.110 e. The lowest BCUT2D eigenvalue weighted by molar-refractivity contribution is 1.51. The zero-order valence-electron chi connectivity index (χ0n) is 6.99. The summed E-state index contributed by atoms with van der Waals surface area (Å²) in [5.74, 6) is 1.53. The molecule has 0 bridgehead atoms. The summed E-state index contributed by atoms with van der Waals surface area (Å²) < 4.78 is 0. The Labute approximate surface area is 82.7 Å². The van der Waals surface area contributed by atoms with Crippen molar-refractivity contribution in [2.24, 2.45) is 0 Å². The van der Waals surface area contributed by atoms with Crippen LogP contribution in [-0.4, -0.2) is 18.7 Å². The average Bonchev–Trinajstić information content (AvgIpc) is 1.99. The maximum atomic E-state index is 2.97. The molecule has 6 unspecified atom stereocenters. The van der Waals surface area contributed by atoms with Gasteiger partial charge in [-0.2, -0.15) is 0 Å². The minimum Gasteiger partial charge on any atom is -0.110 e. The normalized spacial score (nSPS) is 18.0. The topological polar surface area (TPSA) is 0 Å². The van der Waals surface area contributed by atoms with Crippen molar-refractivity contribution >= 4 is 57.0 Å². The molecule has 0 rings (SSSR count). The molecule has 0 fully saturated rings. The van der Waals surface area contributed by atoms with E-state index >= 15 is 0 Å². The van der Waals surface area contributed by atoms with Gasteiger partial charge in [-0.1, -0.05) is 30.1 Å². The van der Waals surface area contributed by atoms with E-state index in [0.29, 0.717) is 15.2 Å². The first kappa shape index (κ1) is 14.0. The lowest BCUT2D eigenvalue weighted by Gasteiger charge is -2.21. The molecular weight excluding hydrogens is 265 g/mol. The van der Waals surface area contributed by atoms with E-state index in [4.69, 9.17) is 0 Å². The van der Waals surface area contributed by atoms with E-state index < -0.39 is 0 Å². The van der Waals surface area contributed by atoms with Crippen molar-refractivity contribution in [3.05, 3.63) is 0 Å². The molecular formula is C4H17P7. The van der Waals surface area contributed by atoms with E-state index in [1.54, 1.807) is 0 Å². The van der Waals surface area contributed by atoms with Crippen LogP contribution in [0.5, 0.6) is 0 Å². The lowest BCUT2D eigenvalue weighted by atomic mass is 11.0. The first-order valence-electron chi connectivity index (χ1n) is 3.33. The Bertz CT molecular complexity index is 90.4. The van der Waals surface area contributed by atoms with Gasteiger partial charge in [-0.15, -0.1) is 26.8 Å². The first-order valence-corrected chi connectivity index (χ1v) is 16.0. The summed E-state index contributed by atoms with van der Waals surface area (Å²) in [6.45, 7) is 4.98. The summed E-state index contributed by atoms with van der Waals surface area (Å²) in [5.41, 5.74) is 0. The Kier molecular flexibility index (Phi) is 10.6. The molecule has 6 atom stereocenters. The van der Waals surface area contributed by atoms with Crippen molar-refractivity contribution in [2.75, 3.05) is 18.7 Å². The summed E-state index contributed by atoms with van der Waals surface area (Å²) in [6, 6.07) is 0. The second-order valence-electron chi connectivity index (χ2n) is 2.16. The van der Waals surface area contributed by atoms with Crippen LogP contribution in [0.15, 0.2) is 0 Å². The molecule has 11 heavy (non-hydrogen) atoms. The second-order valence-corrected chi connectivity index (χ2v) is 23.5. The van der Waals surface area contributed by atoms with E-state index in [1.807, 2.05) is 0 Å². The van der Waals surface area contributed by atoms with Gasteiger partial charge in [0, 0.05) is 0 Å². The predicted octanol–water partition coefficient (Wildman–Crippen LogP) is 4.92. The van der Waals surface area contributed by atoms with Gasteiger partial charge in [-0.25, -0.2) is 0 Å².